The minimum Gasteiger partial charge on any atom is -0.339 e. The summed E-state index contributed by atoms with van der Waals surface area (Å²) in [4.78, 5) is 4.20. The van der Waals surface area contributed by atoms with E-state index in [4.69, 9.17) is 5.84 Å². The Bertz CT molecular complexity index is 464. The Balaban J connectivity index is 2.86. The number of nitrogens with zero attached hydrogens (tertiary/aromatic N) is 2. The number of nitrogens with two attached hydrogens (primary N) is 1. The van der Waals surface area contributed by atoms with Gasteiger partial charge >= 0.3 is 0 Å². The molecule has 0 bridgehead atoms. The van der Waals surface area contributed by atoms with Crippen molar-refractivity contribution in [2.24, 2.45) is 0 Å². The van der Waals surface area contributed by atoms with Crippen LogP contribution < -0.4 is 5.84 Å². The molecule has 3 heteroatoms. The fraction of sp³-hybridized carbons (Fsp3) is 0.462. The molecule has 0 unspecified atom stereocenters. The van der Waals surface area contributed by atoms with E-state index in [9.17, 15) is 0 Å². The quantitative estimate of drug-likeness (QED) is 0.786. The summed E-state index contributed by atoms with van der Waals surface area (Å²) in [5, 5.41) is 2.42. The highest BCUT2D eigenvalue weighted by Crippen LogP contribution is 2.32. The fourth-order valence-corrected chi connectivity index (χ4v) is 2.39. The number of nitrogen functional groups attached to an aromatic ring is 1. The molecule has 2 aromatic heterocycles. The SMILES string of the molecule is CC(C)c1c2ccncc2c(C(C)C)n1N. The lowest BCUT2D eigenvalue weighted by atomic mass is 10.0. The maximum atomic E-state index is 6.21. The summed E-state index contributed by atoms with van der Waals surface area (Å²) in [5.74, 6) is 7.03. The van der Waals surface area contributed by atoms with Gasteiger partial charge in [0, 0.05) is 28.9 Å². The van der Waals surface area contributed by atoms with E-state index in [-0.39, 0.29) is 0 Å². The molecule has 0 fully saturated rings. The van der Waals surface area contributed by atoms with Crippen LogP contribution in [0, 0.1) is 0 Å². The van der Waals surface area contributed by atoms with Gasteiger partial charge in [-0.1, -0.05) is 27.7 Å². The van der Waals surface area contributed by atoms with E-state index < -0.39 is 0 Å². The molecule has 2 rings (SSSR count). The van der Waals surface area contributed by atoms with Crippen molar-refractivity contribution < 1.29 is 0 Å². The Hall–Kier alpha value is -1.51. The van der Waals surface area contributed by atoms with Gasteiger partial charge in [0.05, 0.1) is 5.69 Å². The van der Waals surface area contributed by atoms with E-state index >= 15 is 0 Å². The zero-order chi connectivity index (χ0) is 11.9. The van der Waals surface area contributed by atoms with E-state index in [1.54, 1.807) is 0 Å². The van der Waals surface area contributed by atoms with Crippen molar-refractivity contribution in [3.63, 3.8) is 0 Å². The number of pyridine rings is 1. The maximum absolute atomic E-state index is 6.21. The lowest BCUT2D eigenvalue weighted by molar-refractivity contribution is 0.713. The molecule has 2 aromatic rings. The van der Waals surface area contributed by atoms with Crippen LogP contribution in [0.2, 0.25) is 0 Å². The normalized spacial score (nSPS) is 11.9. The lowest BCUT2D eigenvalue weighted by Gasteiger charge is -2.12. The zero-order valence-electron chi connectivity index (χ0n) is 10.4. The van der Waals surface area contributed by atoms with Gasteiger partial charge in [0.2, 0.25) is 0 Å². The molecule has 0 amide bonds. The van der Waals surface area contributed by atoms with E-state index in [2.05, 4.69) is 38.7 Å². The average molecular weight is 217 g/mol. The molecule has 0 aliphatic rings. The second-order valence-electron chi connectivity index (χ2n) is 4.87. The van der Waals surface area contributed by atoms with Crippen molar-refractivity contribution in [3.05, 3.63) is 29.8 Å². The third-order valence-corrected chi connectivity index (χ3v) is 2.99. The van der Waals surface area contributed by atoms with Crippen LogP contribution in [0.25, 0.3) is 10.8 Å². The van der Waals surface area contributed by atoms with Crippen molar-refractivity contribution in [2.75, 3.05) is 5.84 Å². The highest BCUT2D eigenvalue weighted by molar-refractivity contribution is 5.88. The first-order valence-corrected chi connectivity index (χ1v) is 5.77. The number of aromatic nitrogens is 2. The maximum Gasteiger partial charge on any atom is 0.0514 e. The molecule has 16 heavy (non-hydrogen) atoms. The van der Waals surface area contributed by atoms with E-state index in [1.165, 1.54) is 22.2 Å². The molecular formula is C13H19N3. The summed E-state index contributed by atoms with van der Waals surface area (Å²) < 4.78 is 1.85. The van der Waals surface area contributed by atoms with Crippen molar-refractivity contribution in [2.45, 2.75) is 39.5 Å². The van der Waals surface area contributed by atoms with Gasteiger partial charge in [-0.25, -0.2) is 0 Å². The van der Waals surface area contributed by atoms with Gasteiger partial charge < -0.3 is 5.84 Å². The summed E-state index contributed by atoms with van der Waals surface area (Å²) in [7, 11) is 0. The van der Waals surface area contributed by atoms with Gasteiger partial charge in [-0.05, 0) is 17.9 Å². The lowest BCUT2D eigenvalue weighted by Crippen LogP contribution is -2.17. The summed E-state index contributed by atoms with van der Waals surface area (Å²) in [6.07, 6.45) is 3.75. The largest absolute Gasteiger partial charge is 0.339 e. The van der Waals surface area contributed by atoms with Gasteiger partial charge in [-0.3, -0.25) is 9.66 Å². The van der Waals surface area contributed by atoms with Crippen LogP contribution in [-0.2, 0) is 0 Å². The predicted molar refractivity (Wildman–Crippen MR) is 68.1 cm³/mol. The van der Waals surface area contributed by atoms with Crippen molar-refractivity contribution in [1.29, 1.82) is 0 Å². The average Bonchev–Trinajstić information content (AvgIpc) is 2.49. The number of hydrogen-bond acceptors (Lipinski definition) is 2. The second kappa shape index (κ2) is 3.81. The highest BCUT2D eigenvalue weighted by Gasteiger charge is 2.19. The molecule has 86 valence electrons. The van der Waals surface area contributed by atoms with Crippen LogP contribution in [-0.4, -0.2) is 9.66 Å². The standard InChI is InChI=1S/C13H19N3/c1-8(2)12-10-5-6-15-7-11(10)13(9(3)4)16(12)14/h5-9H,14H2,1-4H3. The van der Waals surface area contributed by atoms with Crippen LogP contribution >= 0.6 is 0 Å². The van der Waals surface area contributed by atoms with Crippen molar-refractivity contribution in [3.8, 4) is 0 Å². The van der Waals surface area contributed by atoms with Crippen molar-refractivity contribution in [1.82, 2.24) is 9.66 Å². The van der Waals surface area contributed by atoms with Gasteiger partial charge in [0.1, 0.15) is 0 Å². The molecule has 2 N–H and O–H groups in total. The number of hydrogen-bond donors (Lipinski definition) is 1. The highest BCUT2D eigenvalue weighted by atomic mass is 15.3. The first-order chi connectivity index (χ1) is 7.54. The summed E-state index contributed by atoms with van der Waals surface area (Å²) in [6, 6.07) is 2.06. The molecule has 0 saturated carbocycles. The summed E-state index contributed by atoms with van der Waals surface area (Å²) in [6.45, 7) is 8.66. The third kappa shape index (κ3) is 1.47. The summed E-state index contributed by atoms with van der Waals surface area (Å²) >= 11 is 0. The molecule has 2 heterocycles. The minimum absolute atomic E-state index is 0.407. The molecule has 0 radical (unpaired) electrons. The minimum atomic E-state index is 0.407. The van der Waals surface area contributed by atoms with Crippen LogP contribution in [0.3, 0.4) is 0 Å². The Labute approximate surface area is 96.3 Å². The molecule has 3 nitrogen and oxygen atoms in total. The first-order valence-electron chi connectivity index (χ1n) is 5.77. The van der Waals surface area contributed by atoms with Gasteiger partial charge in [-0.15, -0.1) is 0 Å². The molecule has 0 saturated heterocycles. The zero-order valence-corrected chi connectivity index (χ0v) is 10.4. The van der Waals surface area contributed by atoms with Gasteiger partial charge in [0.25, 0.3) is 0 Å². The second-order valence-corrected chi connectivity index (χ2v) is 4.87. The molecule has 0 aliphatic carbocycles. The smallest absolute Gasteiger partial charge is 0.0514 e. The topological polar surface area (TPSA) is 43.8 Å². The van der Waals surface area contributed by atoms with Crippen LogP contribution in [0.1, 0.15) is 50.9 Å². The first kappa shape index (κ1) is 11.0. The Morgan fingerprint density at radius 1 is 1.06 bits per heavy atom. The number of fused-ring (bicyclic) bond motifs is 1. The van der Waals surface area contributed by atoms with Crippen LogP contribution in [0.4, 0.5) is 0 Å². The fourth-order valence-electron chi connectivity index (χ4n) is 2.39. The molecule has 0 aromatic carbocycles. The Morgan fingerprint density at radius 2 is 1.62 bits per heavy atom. The molecule has 0 aliphatic heterocycles. The van der Waals surface area contributed by atoms with Gasteiger partial charge in [0.15, 0.2) is 0 Å². The molecule has 0 atom stereocenters. The van der Waals surface area contributed by atoms with E-state index in [0.29, 0.717) is 11.8 Å². The van der Waals surface area contributed by atoms with E-state index in [1.807, 2.05) is 17.1 Å². The predicted octanol–water partition coefficient (Wildman–Crippen LogP) is 3.00. The number of rotatable bonds is 2. The third-order valence-electron chi connectivity index (χ3n) is 2.99. The Kier molecular flexibility index (Phi) is 2.62. The van der Waals surface area contributed by atoms with Crippen molar-refractivity contribution >= 4 is 10.8 Å². The molecule has 0 spiro atoms. The van der Waals surface area contributed by atoms with E-state index in [0.717, 1.165) is 0 Å². The molecular weight excluding hydrogens is 198 g/mol. The van der Waals surface area contributed by atoms with Gasteiger partial charge in [-0.2, -0.15) is 0 Å². The van der Waals surface area contributed by atoms with Crippen LogP contribution in [0.15, 0.2) is 18.5 Å². The van der Waals surface area contributed by atoms with Crippen LogP contribution in [0.5, 0.6) is 0 Å². The summed E-state index contributed by atoms with van der Waals surface area (Å²) in [5.41, 5.74) is 2.37. The Morgan fingerprint density at radius 3 is 2.19 bits per heavy atom. The monoisotopic (exact) mass is 217 g/mol.